The molecule has 4 heteroatoms. The molecule has 0 aromatic carbocycles. The Bertz CT molecular complexity index is 1030. The maximum atomic E-state index is 12.4. The average molecular weight is 866 g/mol. The van der Waals surface area contributed by atoms with Crippen LogP contribution in [-0.4, -0.2) is 34.9 Å². The molecule has 0 bridgehead atoms. The van der Waals surface area contributed by atoms with Crippen LogP contribution >= 0.6 is 0 Å². The Labute approximate surface area is 387 Å². The first-order chi connectivity index (χ1) is 30.7. The number of hydrogen-bond acceptors (Lipinski definition) is 3. The van der Waals surface area contributed by atoms with Gasteiger partial charge in [-0.25, -0.2) is 0 Å². The van der Waals surface area contributed by atoms with E-state index in [9.17, 15) is 15.0 Å². The van der Waals surface area contributed by atoms with Gasteiger partial charge in [-0.2, -0.15) is 0 Å². The van der Waals surface area contributed by atoms with Gasteiger partial charge in [-0.1, -0.05) is 261 Å². The zero-order chi connectivity index (χ0) is 44.9. The van der Waals surface area contributed by atoms with Crippen LogP contribution in [0.2, 0.25) is 0 Å². The fourth-order valence-electron chi connectivity index (χ4n) is 8.24. The van der Waals surface area contributed by atoms with Crippen molar-refractivity contribution in [3.8, 4) is 0 Å². The molecule has 1 amide bonds. The van der Waals surface area contributed by atoms with Crippen LogP contribution in [0.1, 0.15) is 284 Å². The molecule has 2 atom stereocenters. The topological polar surface area (TPSA) is 69.6 Å². The summed E-state index contributed by atoms with van der Waals surface area (Å²) in [6.45, 7) is 4.30. The normalized spacial score (nSPS) is 13.3. The summed E-state index contributed by atoms with van der Waals surface area (Å²) in [5, 5.41) is 23.1. The number of unbranched alkanes of at least 4 members (excludes halogenated alkanes) is 35. The standard InChI is InChI=1S/C58H107NO3/c1-3-5-7-9-11-13-15-17-19-21-23-25-26-27-28-29-30-31-32-34-35-37-39-41-43-45-47-49-51-53-57(61)56(55-60)59-58(62)54-52-50-48-46-44-42-40-38-36-33-24-22-20-18-16-14-12-10-8-6-4-2/h16,18,22,24,35,37,43,45,51,53,56-57,60-61H,3-15,17,19-21,23,25-34,36,38-42,44,46-50,52,54-55H2,1-2H3,(H,59,62)/b18-16-,24-22-,37-35+,45-43+,53-51+. The van der Waals surface area contributed by atoms with Crippen molar-refractivity contribution >= 4 is 5.91 Å². The molecule has 3 N–H and O–H groups in total. The van der Waals surface area contributed by atoms with E-state index in [-0.39, 0.29) is 12.5 Å². The minimum absolute atomic E-state index is 0.0815. The molecule has 0 aliphatic heterocycles. The van der Waals surface area contributed by atoms with Gasteiger partial charge in [-0.3, -0.25) is 4.79 Å². The summed E-state index contributed by atoms with van der Waals surface area (Å²) >= 11 is 0. The predicted molar refractivity (Wildman–Crippen MR) is 276 cm³/mol. The fraction of sp³-hybridized carbons (Fsp3) is 0.810. The molecule has 0 radical (unpaired) electrons. The predicted octanol–water partition coefficient (Wildman–Crippen LogP) is 18.0. The van der Waals surface area contributed by atoms with Crippen molar-refractivity contribution in [2.75, 3.05) is 6.61 Å². The molecule has 0 heterocycles. The van der Waals surface area contributed by atoms with Gasteiger partial charge in [0.2, 0.25) is 5.91 Å². The van der Waals surface area contributed by atoms with E-state index >= 15 is 0 Å². The number of allylic oxidation sites excluding steroid dienone is 9. The van der Waals surface area contributed by atoms with Gasteiger partial charge in [0, 0.05) is 6.42 Å². The second-order valence-corrected chi connectivity index (χ2v) is 18.6. The number of aliphatic hydroxyl groups excluding tert-OH is 2. The highest BCUT2D eigenvalue weighted by Crippen LogP contribution is 2.16. The van der Waals surface area contributed by atoms with E-state index in [1.807, 2.05) is 6.08 Å². The molecule has 0 fully saturated rings. The number of hydrogen-bond donors (Lipinski definition) is 3. The van der Waals surface area contributed by atoms with Crippen molar-refractivity contribution in [1.29, 1.82) is 0 Å². The number of nitrogens with one attached hydrogen (secondary N) is 1. The molecule has 0 saturated carbocycles. The highest BCUT2D eigenvalue weighted by Gasteiger charge is 2.17. The third kappa shape index (κ3) is 49.1. The van der Waals surface area contributed by atoms with Crippen LogP contribution in [0.15, 0.2) is 60.8 Å². The minimum atomic E-state index is -0.875. The van der Waals surface area contributed by atoms with E-state index in [0.29, 0.717) is 6.42 Å². The summed E-state index contributed by atoms with van der Waals surface area (Å²) in [5.41, 5.74) is 0. The second kappa shape index (κ2) is 53.4. The Morgan fingerprint density at radius 2 is 0.677 bits per heavy atom. The van der Waals surface area contributed by atoms with Gasteiger partial charge in [-0.15, -0.1) is 0 Å². The van der Waals surface area contributed by atoms with Crippen molar-refractivity contribution in [2.45, 2.75) is 296 Å². The largest absolute Gasteiger partial charge is 0.394 e. The lowest BCUT2D eigenvalue weighted by atomic mass is 10.0. The summed E-state index contributed by atoms with van der Waals surface area (Å²) in [4.78, 5) is 12.4. The average Bonchev–Trinajstić information content (AvgIpc) is 3.28. The van der Waals surface area contributed by atoms with Gasteiger partial charge in [0.25, 0.3) is 0 Å². The molecule has 62 heavy (non-hydrogen) atoms. The van der Waals surface area contributed by atoms with E-state index < -0.39 is 12.1 Å². The van der Waals surface area contributed by atoms with E-state index in [0.717, 1.165) is 44.9 Å². The van der Waals surface area contributed by atoms with Crippen molar-refractivity contribution < 1.29 is 15.0 Å². The van der Waals surface area contributed by atoms with Gasteiger partial charge in [0.15, 0.2) is 0 Å². The van der Waals surface area contributed by atoms with Gasteiger partial charge >= 0.3 is 0 Å². The summed E-state index contributed by atoms with van der Waals surface area (Å²) in [5.74, 6) is -0.0815. The molecule has 0 aromatic heterocycles. The summed E-state index contributed by atoms with van der Waals surface area (Å²) in [7, 11) is 0. The third-order valence-corrected chi connectivity index (χ3v) is 12.5. The first-order valence-corrected chi connectivity index (χ1v) is 27.5. The van der Waals surface area contributed by atoms with E-state index in [1.54, 1.807) is 6.08 Å². The highest BCUT2D eigenvalue weighted by atomic mass is 16.3. The molecule has 0 saturated heterocycles. The molecule has 4 nitrogen and oxygen atoms in total. The van der Waals surface area contributed by atoms with Gasteiger partial charge < -0.3 is 15.5 Å². The molecule has 0 aromatic rings. The lowest BCUT2D eigenvalue weighted by molar-refractivity contribution is -0.123. The zero-order valence-corrected chi connectivity index (χ0v) is 41.6. The van der Waals surface area contributed by atoms with E-state index in [2.05, 4.69) is 67.8 Å². The molecule has 362 valence electrons. The first kappa shape index (κ1) is 60.1. The maximum absolute atomic E-state index is 12.4. The van der Waals surface area contributed by atoms with E-state index in [1.165, 1.54) is 218 Å². The molecule has 0 rings (SSSR count). The van der Waals surface area contributed by atoms with Crippen LogP contribution in [0.5, 0.6) is 0 Å². The lowest BCUT2D eigenvalue weighted by Crippen LogP contribution is -2.45. The highest BCUT2D eigenvalue weighted by molar-refractivity contribution is 5.76. The van der Waals surface area contributed by atoms with Crippen LogP contribution in [-0.2, 0) is 4.79 Å². The molecular weight excluding hydrogens is 759 g/mol. The SMILES string of the molecule is CCCCCCC/C=C\C/C=C\CCCCCCCCCCCC(=O)NC(CO)C(O)/C=C/CC/C=C/CC/C=C/CCCCCCCCCCCCCCCCCCCCC. The molecule has 0 spiro atoms. The summed E-state index contributed by atoms with van der Waals surface area (Å²) < 4.78 is 0. The Kier molecular flexibility index (Phi) is 51.8. The second-order valence-electron chi connectivity index (χ2n) is 18.6. The van der Waals surface area contributed by atoms with Crippen molar-refractivity contribution in [3.63, 3.8) is 0 Å². The van der Waals surface area contributed by atoms with Crippen LogP contribution in [0.25, 0.3) is 0 Å². The van der Waals surface area contributed by atoms with Crippen LogP contribution < -0.4 is 5.32 Å². The first-order valence-electron chi connectivity index (χ1n) is 27.5. The maximum Gasteiger partial charge on any atom is 0.220 e. The number of amides is 1. The van der Waals surface area contributed by atoms with Gasteiger partial charge in [0.1, 0.15) is 0 Å². The Balaban J connectivity index is 3.58. The fourth-order valence-corrected chi connectivity index (χ4v) is 8.24. The molecule has 0 aliphatic rings. The van der Waals surface area contributed by atoms with E-state index in [4.69, 9.17) is 0 Å². The smallest absolute Gasteiger partial charge is 0.220 e. The minimum Gasteiger partial charge on any atom is -0.394 e. The van der Waals surface area contributed by atoms with Crippen LogP contribution in [0.3, 0.4) is 0 Å². The Morgan fingerprint density at radius 1 is 0.387 bits per heavy atom. The Hall–Kier alpha value is -1.91. The van der Waals surface area contributed by atoms with Crippen molar-refractivity contribution in [1.82, 2.24) is 5.32 Å². The lowest BCUT2D eigenvalue weighted by Gasteiger charge is -2.19. The number of carbonyl (C=O) groups is 1. The monoisotopic (exact) mass is 866 g/mol. The van der Waals surface area contributed by atoms with Gasteiger partial charge in [0.05, 0.1) is 18.8 Å². The summed E-state index contributed by atoms with van der Waals surface area (Å²) in [6, 6.07) is -0.651. The zero-order valence-electron chi connectivity index (χ0n) is 41.6. The van der Waals surface area contributed by atoms with Crippen molar-refractivity contribution in [2.24, 2.45) is 0 Å². The molecule has 0 aliphatic carbocycles. The van der Waals surface area contributed by atoms with Crippen LogP contribution in [0.4, 0.5) is 0 Å². The third-order valence-electron chi connectivity index (χ3n) is 12.5. The number of carbonyl (C=O) groups excluding carboxylic acids is 1. The quantitative estimate of drug-likeness (QED) is 0.0421. The van der Waals surface area contributed by atoms with Gasteiger partial charge in [-0.05, 0) is 77.0 Å². The van der Waals surface area contributed by atoms with Crippen LogP contribution in [0, 0.1) is 0 Å². The Morgan fingerprint density at radius 3 is 1.03 bits per heavy atom. The number of aliphatic hydroxyl groups is 2. The molecular formula is C58H107NO3. The molecule has 2 unspecified atom stereocenters. The summed E-state index contributed by atoms with van der Waals surface area (Å²) in [6.07, 6.45) is 75.2. The number of rotatable bonds is 50. The van der Waals surface area contributed by atoms with Crippen molar-refractivity contribution in [3.05, 3.63) is 60.8 Å².